The third-order valence-electron chi connectivity index (χ3n) is 12.8. The van der Waals surface area contributed by atoms with Gasteiger partial charge in [-0.25, -0.2) is 0 Å². The number of fused-ring (bicyclic) bond motifs is 10. The Hall–Kier alpha value is -5.18. The van der Waals surface area contributed by atoms with E-state index < -0.39 is 0 Å². The van der Waals surface area contributed by atoms with E-state index in [0.717, 1.165) is 0 Å². The molecule has 0 amide bonds. The molecule has 0 spiro atoms. The lowest BCUT2D eigenvalue weighted by Gasteiger charge is -2.48. The van der Waals surface area contributed by atoms with Crippen LogP contribution >= 0.6 is 11.3 Å². The molecule has 0 fully saturated rings. The van der Waals surface area contributed by atoms with Gasteiger partial charge in [0.25, 0.3) is 0 Å². The highest BCUT2D eigenvalue weighted by atomic mass is 32.1. The van der Waals surface area contributed by atoms with Gasteiger partial charge in [0, 0.05) is 47.9 Å². The van der Waals surface area contributed by atoms with Crippen LogP contribution in [0.1, 0.15) is 63.8 Å². The van der Waals surface area contributed by atoms with Gasteiger partial charge >= 0.3 is 0 Å². The van der Waals surface area contributed by atoms with E-state index in [4.69, 9.17) is 0 Å². The minimum absolute atomic E-state index is 0.0559. The van der Waals surface area contributed by atoms with Gasteiger partial charge < -0.3 is 4.90 Å². The lowest BCUT2D eigenvalue weighted by atomic mass is 9.55. The Labute approximate surface area is 304 Å². The third kappa shape index (κ3) is 4.09. The minimum Gasteiger partial charge on any atom is -0.309 e. The summed E-state index contributed by atoms with van der Waals surface area (Å²) in [6.45, 7) is 14.5. The fraction of sp³-hybridized carbons (Fsp3) is 0.184. The van der Waals surface area contributed by atoms with Crippen molar-refractivity contribution in [2.45, 2.75) is 57.8 Å². The molecule has 0 radical (unpaired) electrons. The monoisotopic (exact) mass is 675 g/mol. The summed E-state index contributed by atoms with van der Waals surface area (Å²) in [5.41, 5.74) is 14.3. The molecule has 1 nitrogen and oxygen atoms in total. The second-order valence-electron chi connectivity index (χ2n) is 16.2. The van der Waals surface area contributed by atoms with E-state index in [0.29, 0.717) is 0 Å². The highest BCUT2D eigenvalue weighted by Gasteiger charge is 2.46. The third-order valence-corrected chi connectivity index (χ3v) is 13.9. The van der Waals surface area contributed by atoms with Crippen molar-refractivity contribution < 1.29 is 0 Å². The topological polar surface area (TPSA) is 3.24 Å². The van der Waals surface area contributed by atoms with E-state index in [1.165, 1.54) is 92.5 Å². The zero-order valence-electron chi connectivity index (χ0n) is 30.1. The number of benzene rings is 7. The van der Waals surface area contributed by atoms with Crippen LogP contribution in [0, 0.1) is 0 Å². The SMILES string of the molecule is CC1(C)c2ccccc2-c2c1cc1ccccc1c2N(c1ccc2c(c1)C(C)(C)C(C)(C)c1ccccc1-2)c1ccc2c(c1)sc1ccccc12. The minimum atomic E-state index is -0.128. The molecule has 248 valence electrons. The zero-order chi connectivity index (χ0) is 34.9. The molecule has 2 heteroatoms. The first kappa shape index (κ1) is 30.6. The average Bonchev–Trinajstić information content (AvgIpc) is 3.62. The summed E-state index contributed by atoms with van der Waals surface area (Å²) in [6, 6.07) is 52.8. The fourth-order valence-corrected chi connectivity index (χ4v) is 10.5. The molecule has 1 heterocycles. The summed E-state index contributed by atoms with van der Waals surface area (Å²) in [4.78, 5) is 2.59. The zero-order valence-corrected chi connectivity index (χ0v) is 31.0. The fourth-order valence-electron chi connectivity index (χ4n) is 9.34. The second kappa shape index (κ2) is 10.4. The van der Waals surface area contributed by atoms with E-state index in [-0.39, 0.29) is 16.2 Å². The predicted molar refractivity (Wildman–Crippen MR) is 221 cm³/mol. The Morgan fingerprint density at radius 3 is 1.84 bits per heavy atom. The second-order valence-corrected chi connectivity index (χ2v) is 17.3. The molecular weight excluding hydrogens is 635 g/mol. The number of rotatable bonds is 3. The molecule has 0 saturated carbocycles. The molecule has 2 aliphatic carbocycles. The Balaban J connectivity index is 1.32. The lowest BCUT2D eigenvalue weighted by Crippen LogP contribution is -2.43. The van der Waals surface area contributed by atoms with E-state index in [9.17, 15) is 0 Å². The number of anilines is 3. The van der Waals surface area contributed by atoms with Gasteiger partial charge in [-0.3, -0.25) is 0 Å². The number of hydrogen-bond donors (Lipinski definition) is 0. The molecule has 8 aromatic rings. The highest BCUT2D eigenvalue weighted by molar-refractivity contribution is 7.25. The Kier molecular flexibility index (Phi) is 6.27. The van der Waals surface area contributed by atoms with Gasteiger partial charge in [-0.1, -0.05) is 145 Å². The van der Waals surface area contributed by atoms with Crippen molar-refractivity contribution in [1.29, 1.82) is 0 Å². The van der Waals surface area contributed by atoms with Crippen LogP contribution in [-0.4, -0.2) is 0 Å². The summed E-state index contributed by atoms with van der Waals surface area (Å²) < 4.78 is 2.64. The molecule has 0 saturated heterocycles. The van der Waals surface area contributed by atoms with Gasteiger partial charge in [0.1, 0.15) is 0 Å². The maximum atomic E-state index is 2.59. The molecule has 0 atom stereocenters. The first-order chi connectivity index (χ1) is 24.6. The normalized spacial score (nSPS) is 16.1. The molecule has 0 unspecified atom stereocenters. The van der Waals surface area contributed by atoms with Crippen LogP contribution in [-0.2, 0) is 16.2 Å². The maximum absolute atomic E-state index is 2.59. The molecule has 1 aromatic heterocycles. The Bertz CT molecular complexity index is 2740. The van der Waals surface area contributed by atoms with Gasteiger partial charge in [0.2, 0.25) is 0 Å². The average molecular weight is 676 g/mol. The van der Waals surface area contributed by atoms with Crippen molar-refractivity contribution in [2.24, 2.45) is 0 Å². The molecule has 10 rings (SSSR count). The van der Waals surface area contributed by atoms with Crippen LogP contribution in [0.2, 0.25) is 0 Å². The number of thiophene rings is 1. The first-order valence-corrected chi connectivity index (χ1v) is 19.0. The van der Waals surface area contributed by atoms with Crippen molar-refractivity contribution >= 4 is 59.3 Å². The predicted octanol–water partition coefficient (Wildman–Crippen LogP) is 14.2. The van der Waals surface area contributed by atoms with Crippen LogP contribution in [0.25, 0.3) is 53.2 Å². The first-order valence-electron chi connectivity index (χ1n) is 18.2. The molecule has 0 bridgehead atoms. The molecule has 51 heavy (non-hydrogen) atoms. The summed E-state index contributed by atoms with van der Waals surface area (Å²) >= 11 is 1.89. The van der Waals surface area contributed by atoms with E-state index in [2.05, 4.69) is 186 Å². The van der Waals surface area contributed by atoms with Gasteiger partial charge in [0.15, 0.2) is 0 Å². The number of nitrogens with zero attached hydrogens (tertiary/aromatic N) is 1. The van der Waals surface area contributed by atoms with Crippen LogP contribution in [0.3, 0.4) is 0 Å². The van der Waals surface area contributed by atoms with Crippen molar-refractivity contribution in [3.05, 3.63) is 162 Å². The molecule has 0 aliphatic heterocycles. The quantitative estimate of drug-likeness (QED) is 0.180. The molecule has 7 aromatic carbocycles. The van der Waals surface area contributed by atoms with Gasteiger partial charge in [-0.2, -0.15) is 0 Å². The van der Waals surface area contributed by atoms with Crippen LogP contribution in [0.15, 0.2) is 140 Å². The van der Waals surface area contributed by atoms with Crippen molar-refractivity contribution in [1.82, 2.24) is 0 Å². The molecule has 0 N–H and O–H groups in total. The van der Waals surface area contributed by atoms with Crippen molar-refractivity contribution in [3.63, 3.8) is 0 Å². The number of hydrogen-bond acceptors (Lipinski definition) is 2. The van der Waals surface area contributed by atoms with Crippen LogP contribution in [0.4, 0.5) is 17.1 Å². The van der Waals surface area contributed by atoms with E-state index >= 15 is 0 Å². The van der Waals surface area contributed by atoms with Crippen molar-refractivity contribution in [3.8, 4) is 22.3 Å². The van der Waals surface area contributed by atoms with E-state index in [1.54, 1.807) is 0 Å². The lowest BCUT2D eigenvalue weighted by molar-refractivity contribution is 0.299. The largest absolute Gasteiger partial charge is 0.309 e. The van der Waals surface area contributed by atoms with Crippen LogP contribution < -0.4 is 4.90 Å². The maximum Gasteiger partial charge on any atom is 0.0621 e. The van der Waals surface area contributed by atoms with Gasteiger partial charge in [-0.15, -0.1) is 11.3 Å². The highest BCUT2D eigenvalue weighted by Crippen LogP contribution is 2.59. The van der Waals surface area contributed by atoms with Crippen molar-refractivity contribution in [2.75, 3.05) is 4.90 Å². The smallest absolute Gasteiger partial charge is 0.0621 e. The van der Waals surface area contributed by atoms with Gasteiger partial charge in [-0.05, 0) is 91.6 Å². The molecular formula is C49H41NS. The van der Waals surface area contributed by atoms with Crippen LogP contribution in [0.5, 0.6) is 0 Å². The summed E-state index contributed by atoms with van der Waals surface area (Å²) in [7, 11) is 0. The summed E-state index contributed by atoms with van der Waals surface area (Å²) in [5.74, 6) is 0. The summed E-state index contributed by atoms with van der Waals surface area (Å²) in [5, 5.41) is 5.18. The standard InChI is InChI=1S/C49H41NS/c1-47(2)39-20-12-10-19-38(39)45-42(47)27-30-15-7-8-16-33(30)46(45)50(32-24-26-37-36-18-11-14-22-43(36)51-44(37)29-32)31-23-25-35-34-17-9-13-21-40(34)48(3,4)49(5,6)41(35)28-31/h7-29H,1-6H3. The molecule has 2 aliphatic rings. The van der Waals surface area contributed by atoms with Gasteiger partial charge in [0.05, 0.1) is 5.69 Å². The summed E-state index contributed by atoms with van der Waals surface area (Å²) in [6.07, 6.45) is 0. The Morgan fingerprint density at radius 1 is 0.431 bits per heavy atom. The Morgan fingerprint density at radius 2 is 1.02 bits per heavy atom. The van der Waals surface area contributed by atoms with E-state index in [1.807, 2.05) is 11.3 Å².